The van der Waals surface area contributed by atoms with Gasteiger partial charge < -0.3 is 10.4 Å². The van der Waals surface area contributed by atoms with Gasteiger partial charge in [-0.3, -0.25) is 4.79 Å². The first-order valence-corrected chi connectivity index (χ1v) is 5.53. The van der Waals surface area contributed by atoms with Gasteiger partial charge in [-0.2, -0.15) is 0 Å². The van der Waals surface area contributed by atoms with Crippen LogP contribution in [0.15, 0.2) is 12.1 Å². The molecular weight excluding hydrogens is 202 g/mol. The van der Waals surface area contributed by atoms with E-state index in [0.717, 1.165) is 11.3 Å². The Labute approximate surface area is 96.5 Å². The van der Waals surface area contributed by atoms with E-state index in [-0.39, 0.29) is 12.5 Å². The maximum atomic E-state index is 11.5. The molecule has 0 saturated heterocycles. The molecule has 0 aliphatic heterocycles. The Morgan fingerprint density at radius 2 is 1.81 bits per heavy atom. The van der Waals surface area contributed by atoms with Crippen molar-refractivity contribution in [2.75, 3.05) is 11.9 Å². The third kappa shape index (κ3) is 3.35. The zero-order valence-electron chi connectivity index (χ0n) is 10.1. The van der Waals surface area contributed by atoms with Crippen LogP contribution < -0.4 is 5.32 Å². The Morgan fingerprint density at radius 1 is 1.19 bits per heavy atom. The molecule has 2 N–H and O–H groups in total. The molecule has 0 spiro atoms. The minimum Gasteiger partial charge on any atom is -0.396 e. The highest BCUT2D eigenvalue weighted by molar-refractivity contribution is 5.91. The first-order valence-electron chi connectivity index (χ1n) is 5.53. The maximum Gasteiger partial charge on any atom is 0.224 e. The Kier molecular flexibility index (Phi) is 4.50. The first-order chi connectivity index (χ1) is 7.54. The predicted molar refractivity (Wildman–Crippen MR) is 65.6 cm³/mol. The van der Waals surface area contributed by atoms with Gasteiger partial charge in [-0.15, -0.1) is 0 Å². The van der Waals surface area contributed by atoms with Crippen LogP contribution >= 0.6 is 0 Å². The second-order valence-corrected chi connectivity index (χ2v) is 4.13. The highest BCUT2D eigenvalue weighted by Crippen LogP contribution is 2.20. The first kappa shape index (κ1) is 12.7. The number of rotatable bonds is 4. The zero-order chi connectivity index (χ0) is 12.1. The predicted octanol–water partition coefficient (Wildman–Crippen LogP) is 2.32. The molecule has 1 amide bonds. The average Bonchev–Trinajstić information content (AvgIpc) is 2.23. The fraction of sp³-hybridized carbons (Fsp3) is 0.462. The lowest BCUT2D eigenvalue weighted by atomic mass is 10.0. The number of benzene rings is 1. The van der Waals surface area contributed by atoms with Gasteiger partial charge in [0.05, 0.1) is 0 Å². The lowest BCUT2D eigenvalue weighted by Crippen LogP contribution is -2.13. The topological polar surface area (TPSA) is 49.3 Å². The van der Waals surface area contributed by atoms with Crippen LogP contribution in [-0.2, 0) is 4.79 Å². The maximum absolute atomic E-state index is 11.5. The summed E-state index contributed by atoms with van der Waals surface area (Å²) in [6.07, 6.45) is 0.874. The molecule has 0 heterocycles. The molecule has 88 valence electrons. The summed E-state index contributed by atoms with van der Waals surface area (Å²) in [6, 6.07) is 4.05. The number of hydrogen-bond acceptors (Lipinski definition) is 2. The quantitative estimate of drug-likeness (QED) is 0.819. The third-order valence-corrected chi connectivity index (χ3v) is 2.68. The highest BCUT2D eigenvalue weighted by atomic mass is 16.3. The number of nitrogens with one attached hydrogen (secondary N) is 1. The number of hydrogen-bond donors (Lipinski definition) is 2. The summed E-state index contributed by atoms with van der Waals surface area (Å²) in [5.41, 5.74) is 4.33. The van der Waals surface area contributed by atoms with Gasteiger partial charge in [-0.1, -0.05) is 6.07 Å². The van der Waals surface area contributed by atoms with Crippen LogP contribution in [0.25, 0.3) is 0 Å². The zero-order valence-corrected chi connectivity index (χ0v) is 10.1. The van der Waals surface area contributed by atoms with Crippen LogP contribution in [0.5, 0.6) is 0 Å². The molecule has 0 aliphatic rings. The number of anilines is 1. The van der Waals surface area contributed by atoms with E-state index in [0.29, 0.717) is 12.8 Å². The van der Waals surface area contributed by atoms with E-state index < -0.39 is 0 Å². The molecule has 0 fully saturated rings. The van der Waals surface area contributed by atoms with Crippen LogP contribution in [0, 0.1) is 20.8 Å². The van der Waals surface area contributed by atoms with Crippen LogP contribution in [0.3, 0.4) is 0 Å². The number of aryl methyl sites for hydroxylation is 3. The molecule has 0 radical (unpaired) electrons. The third-order valence-electron chi connectivity index (χ3n) is 2.68. The van der Waals surface area contributed by atoms with Crippen molar-refractivity contribution in [3.8, 4) is 0 Å². The molecule has 1 aromatic carbocycles. The minimum atomic E-state index is -0.0413. The molecule has 3 nitrogen and oxygen atoms in total. The number of aliphatic hydroxyl groups excluding tert-OH is 1. The molecule has 1 rings (SSSR count). The van der Waals surface area contributed by atoms with Crippen molar-refractivity contribution in [2.24, 2.45) is 0 Å². The monoisotopic (exact) mass is 221 g/mol. The second kappa shape index (κ2) is 5.66. The molecule has 1 aromatic rings. The fourth-order valence-electron chi connectivity index (χ4n) is 1.55. The summed E-state index contributed by atoms with van der Waals surface area (Å²) >= 11 is 0. The standard InChI is InChI=1S/C13H19NO2/c1-9-7-11(3)12(8-10(9)2)14-13(16)5-4-6-15/h7-8,15H,4-6H2,1-3H3,(H,14,16). The van der Waals surface area contributed by atoms with Crippen molar-refractivity contribution in [1.29, 1.82) is 0 Å². The van der Waals surface area contributed by atoms with Crippen molar-refractivity contribution < 1.29 is 9.90 Å². The molecule has 0 atom stereocenters. The van der Waals surface area contributed by atoms with Crippen LogP contribution in [-0.4, -0.2) is 17.6 Å². The molecule has 0 saturated carbocycles. The summed E-state index contributed by atoms with van der Waals surface area (Å²) < 4.78 is 0. The van der Waals surface area contributed by atoms with E-state index in [1.807, 2.05) is 19.9 Å². The van der Waals surface area contributed by atoms with E-state index in [4.69, 9.17) is 5.11 Å². The summed E-state index contributed by atoms with van der Waals surface area (Å²) in [6.45, 7) is 6.12. The van der Waals surface area contributed by atoms with E-state index >= 15 is 0 Å². The van der Waals surface area contributed by atoms with Gasteiger partial charge in [0, 0.05) is 18.7 Å². The van der Waals surface area contributed by atoms with Gasteiger partial charge in [0.2, 0.25) is 5.91 Å². The van der Waals surface area contributed by atoms with Crippen LogP contribution in [0.2, 0.25) is 0 Å². The minimum absolute atomic E-state index is 0.0413. The van der Waals surface area contributed by atoms with E-state index in [1.54, 1.807) is 0 Å². The fourth-order valence-corrected chi connectivity index (χ4v) is 1.55. The smallest absolute Gasteiger partial charge is 0.224 e. The Hall–Kier alpha value is -1.35. The molecule has 0 unspecified atom stereocenters. The second-order valence-electron chi connectivity index (χ2n) is 4.13. The molecule has 0 aromatic heterocycles. The largest absolute Gasteiger partial charge is 0.396 e. The summed E-state index contributed by atoms with van der Waals surface area (Å²) in [7, 11) is 0. The Bertz CT molecular complexity index is 386. The summed E-state index contributed by atoms with van der Waals surface area (Å²) in [5, 5.41) is 11.5. The van der Waals surface area contributed by atoms with Gasteiger partial charge in [-0.25, -0.2) is 0 Å². The molecular formula is C13H19NO2. The van der Waals surface area contributed by atoms with Crippen molar-refractivity contribution in [3.63, 3.8) is 0 Å². The van der Waals surface area contributed by atoms with Crippen molar-refractivity contribution in [1.82, 2.24) is 0 Å². The molecule has 3 heteroatoms. The van der Waals surface area contributed by atoms with Gasteiger partial charge in [0.1, 0.15) is 0 Å². The van der Waals surface area contributed by atoms with Crippen molar-refractivity contribution >= 4 is 11.6 Å². The SMILES string of the molecule is Cc1cc(C)c(NC(=O)CCCO)cc1C. The Balaban J connectivity index is 2.73. The van der Waals surface area contributed by atoms with Gasteiger partial charge >= 0.3 is 0 Å². The highest BCUT2D eigenvalue weighted by Gasteiger charge is 2.05. The summed E-state index contributed by atoms with van der Waals surface area (Å²) in [5.74, 6) is -0.0413. The van der Waals surface area contributed by atoms with Gasteiger partial charge in [-0.05, 0) is 49.9 Å². The molecule has 0 aliphatic carbocycles. The molecule has 16 heavy (non-hydrogen) atoms. The van der Waals surface area contributed by atoms with Gasteiger partial charge in [0.25, 0.3) is 0 Å². The van der Waals surface area contributed by atoms with Crippen LogP contribution in [0.4, 0.5) is 5.69 Å². The van der Waals surface area contributed by atoms with E-state index in [2.05, 4.69) is 18.3 Å². The van der Waals surface area contributed by atoms with Crippen molar-refractivity contribution in [2.45, 2.75) is 33.6 Å². The van der Waals surface area contributed by atoms with E-state index in [9.17, 15) is 4.79 Å². The number of amides is 1. The lowest BCUT2D eigenvalue weighted by Gasteiger charge is -2.11. The van der Waals surface area contributed by atoms with E-state index in [1.165, 1.54) is 11.1 Å². The number of aliphatic hydroxyl groups is 1. The van der Waals surface area contributed by atoms with Gasteiger partial charge in [0.15, 0.2) is 0 Å². The van der Waals surface area contributed by atoms with Crippen LogP contribution in [0.1, 0.15) is 29.5 Å². The molecule has 0 bridgehead atoms. The number of carbonyl (C=O) groups excluding carboxylic acids is 1. The average molecular weight is 221 g/mol. The van der Waals surface area contributed by atoms with Crippen molar-refractivity contribution in [3.05, 3.63) is 28.8 Å². The number of carbonyl (C=O) groups is 1. The normalized spacial score (nSPS) is 10.2. The summed E-state index contributed by atoms with van der Waals surface area (Å²) in [4.78, 5) is 11.5. The lowest BCUT2D eigenvalue weighted by molar-refractivity contribution is -0.116. The Morgan fingerprint density at radius 3 is 2.44 bits per heavy atom.